The van der Waals surface area contributed by atoms with Crippen molar-refractivity contribution < 1.29 is 27.5 Å². The van der Waals surface area contributed by atoms with E-state index in [2.05, 4.69) is 0 Å². The van der Waals surface area contributed by atoms with Crippen LogP contribution in [-0.2, 0) is 14.3 Å². The van der Waals surface area contributed by atoms with E-state index in [0.717, 1.165) is 6.08 Å². The lowest BCUT2D eigenvalue weighted by Gasteiger charge is -2.31. The van der Waals surface area contributed by atoms with Crippen molar-refractivity contribution in [2.45, 2.75) is 18.7 Å². The highest BCUT2D eigenvalue weighted by atomic mass is 19.4. The van der Waals surface area contributed by atoms with Crippen LogP contribution in [0.4, 0.5) is 13.2 Å². The molecule has 0 amide bonds. The van der Waals surface area contributed by atoms with E-state index in [1.165, 1.54) is 31.2 Å². The van der Waals surface area contributed by atoms with Crippen LogP contribution in [0.15, 0.2) is 59.7 Å². The summed E-state index contributed by atoms with van der Waals surface area (Å²) in [5.74, 6) is -1.81. The molecule has 1 spiro atoms. The standard InChI is InChI=1S/C17H11F3O3/c1-10-9-12(21)7-8-16(10)13(11-5-3-2-4-6-11)14(15(22)23-16)17(18,19)20/h2-9H,1H3/t16-/m0/s1. The predicted octanol–water partition coefficient (Wildman–Crippen LogP) is 3.38. The van der Waals surface area contributed by atoms with Gasteiger partial charge in [0.2, 0.25) is 0 Å². The first-order valence-corrected chi connectivity index (χ1v) is 6.78. The molecule has 0 radical (unpaired) electrons. The summed E-state index contributed by atoms with van der Waals surface area (Å²) in [4.78, 5) is 23.4. The number of rotatable bonds is 1. The summed E-state index contributed by atoms with van der Waals surface area (Å²) in [7, 11) is 0. The zero-order valence-corrected chi connectivity index (χ0v) is 12.0. The Hall–Kier alpha value is -2.63. The lowest BCUT2D eigenvalue weighted by atomic mass is 9.78. The van der Waals surface area contributed by atoms with Crippen molar-refractivity contribution in [1.82, 2.24) is 0 Å². The molecule has 0 saturated heterocycles. The van der Waals surface area contributed by atoms with E-state index in [9.17, 15) is 22.8 Å². The van der Waals surface area contributed by atoms with Crippen molar-refractivity contribution in [1.29, 1.82) is 0 Å². The number of halogens is 3. The van der Waals surface area contributed by atoms with Gasteiger partial charge in [-0.25, -0.2) is 4.79 Å². The van der Waals surface area contributed by atoms with Crippen LogP contribution in [0.1, 0.15) is 12.5 Å². The van der Waals surface area contributed by atoms with Gasteiger partial charge in [-0.2, -0.15) is 13.2 Å². The molecule has 6 heteroatoms. The third-order valence-electron chi connectivity index (χ3n) is 3.85. The molecule has 3 nitrogen and oxygen atoms in total. The average Bonchev–Trinajstić information content (AvgIpc) is 2.78. The molecule has 0 aromatic heterocycles. The highest BCUT2D eigenvalue weighted by Gasteiger charge is 2.56. The Morgan fingerprint density at radius 1 is 1.09 bits per heavy atom. The van der Waals surface area contributed by atoms with Crippen LogP contribution in [0, 0.1) is 0 Å². The van der Waals surface area contributed by atoms with E-state index >= 15 is 0 Å². The van der Waals surface area contributed by atoms with Gasteiger partial charge in [0.1, 0.15) is 5.57 Å². The summed E-state index contributed by atoms with van der Waals surface area (Å²) in [6.45, 7) is 1.47. The van der Waals surface area contributed by atoms with Gasteiger partial charge < -0.3 is 4.74 Å². The zero-order chi connectivity index (χ0) is 16.8. The Morgan fingerprint density at radius 3 is 2.30 bits per heavy atom. The number of esters is 1. The van der Waals surface area contributed by atoms with Crippen molar-refractivity contribution in [3.8, 4) is 0 Å². The van der Waals surface area contributed by atoms with Crippen molar-refractivity contribution >= 4 is 17.3 Å². The maximum Gasteiger partial charge on any atom is 0.423 e. The maximum atomic E-state index is 13.4. The molecule has 3 rings (SSSR count). The summed E-state index contributed by atoms with van der Waals surface area (Å²) >= 11 is 0. The van der Waals surface area contributed by atoms with Gasteiger partial charge in [-0.15, -0.1) is 0 Å². The molecule has 0 bridgehead atoms. The van der Waals surface area contributed by atoms with Gasteiger partial charge in [-0.05, 0) is 36.3 Å². The fourth-order valence-electron chi connectivity index (χ4n) is 2.85. The molecule has 1 aliphatic heterocycles. The molecule has 2 aliphatic rings. The molecular weight excluding hydrogens is 309 g/mol. The van der Waals surface area contributed by atoms with Crippen molar-refractivity contribution in [2.24, 2.45) is 0 Å². The molecule has 1 heterocycles. The normalized spacial score (nSPS) is 24.3. The smallest absolute Gasteiger partial charge is 0.423 e. The number of hydrogen-bond donors (Lipinski definition) is 0. The van der Waals surface area contributed by atoms with Crippen molar-refractivity contribution in [3.63, 3.8) is 0 Å². The second-order valence-corrected chi connectivity index (χ2v) is 5.30. The minimum atomic E-state index is -4.86. The van der Waals surface area contributed by atoms with E-state index in [0.29, 0.717) is 0 Å². The summed E-state index contributed by atoms with van der Waals surface area (Å²) in [6.07, 6.45) is -1.36. The van der Waals surface area contributed by atoms with Gasteiger partial charge in [0.15, 0.2) is 11.4 Å². The minimum absolute atomic E-state index is 0.220. The first-order chi connectivity index (χ1) is 10.8. The lowest BCUT2D eigenvalue weighted by molar-refractivity contribution is -0.150. The molecule has 0 N–H and O–H groups in total. The number of ketones is 1. The molecule has 23 heavy (non-hydrogen) atoms. The summed E-state index contributed by atoms with van der Waals surface area (Å²) in [6, 6.07) is 7.75. The Morgan fingerprint density at radius 2 is 1.74 bits per heavy atom. The van der Waals surface area contributed by atoms with Crippen LogP contribution in [0.2, 0.25) is 0 Å². The Kier molecular flexibility index (Phi) is 3.28. The topological polar surface area (TPSA) is 43.4 Å². The molecule has 0 fully saturated rings. The van der Waals surface area contributed by atoms with Gasteiger partial charge in [-0.1, -0.05) is 30.3 Å². The van der Waals surface area contributed by atoms with Gasteiger partial charge in [0.05, 0.1) is 0 Å². The Bertz CT molecular complexity index is 785. The third-order valence-corrected chi connectivity index (χ3v) is 3.85. The van der Waals surface area contributed by atoms with E-state index < -0.39 is 23.3 Å². The first kappa shape index (κ1) is 15.3. The summed E-state index contributed by atoms with van der Waals surface area (Å²) < 4.78 is 45.4. The van der Waals surface area contributed by atoms with Gasteiger partial charge in [-0.3, -0.25) is 4.79 Å². The average molecular weight is 320 g/mol. The molecule has 1 aromatic rings. The monoisotopic (exact) mass is 320 g/mol. The second-order valence-electron chi connectivity index (χ2n) is 5.30. The number of alkyl halides is 3. The molecule has 0 unspecified atom stereocenters. The van der Waals surface area contributed by atoms with Crippen LogP contribution < -0.4 is 0 Å². The van der Waals surface area contributed by atoms with E-state index in [-0.39, 0.29) is 22.5 Å². The second kappa shape index (κ2) is 4.94. The molecule has 118 valence electrons. The lowest BCUT2D eigenvalue weighted by Crippen LogP contribution is -2.33. The third kappa shape index (κ3) is 2.30. The van der Waals surface area contributed by atoms with Crippen LogP contribution >= 0.6 is 0 Å². The number of benzene rings is 1. The molecule has 0 saturated carbocycles. The largest absolute Gasteiger partial charge is 0.442 e. The fraction of sp³-hybridized carbons (Fsp3) is 0.176. The minimum Gasteiger partial charge on any atom is -0.442 e. The highest BCUT2D eigenvalue weighted by Crippen LogP contribution is 2.50. The Labute approximate surface area is 129 Å². The van der Waals surface area contributed by atoms with E-state index in [1.54, 1.807) is 18.2 Å². The van der Waals surface area contributed by atoms with Gasteiger partial charge >= 0.3 is 12.1 Å². The first-order valence-electron chi connectivity index (χ1n) is 6.78. The van der Waals surface area contributed by atoms with Crippen LogP contribution in [-0.4, -0.2) is 23.5 Å². The number of ether oxygens (including phenoxy) is 1. The van der Waals surface area contributed by atoms with Crippen molar-refractivity contribution in [2.75, 3.05) is 0 Å². The number of hydrogen-bond acceptors (Lipinski definition) is 3. The van der Waals surface area contributed by atoms with Crippen LogP contribution in [0.25, 0.3) is 5.57 Å². The molecular formula is C17H11F3O3. The molecule has 1 aliphatic carbocycles. The zero-order valence-electron chi connectivity index (χ0n) is 12.0. The van der Waals surface area contributed by atoms with Crippen LogP contribution in [0.3, 0.4) is 0 Å². The number of carbonyl (C=O) groups is 2. The molecule has 1 aromatic carbocycles. The molecule has 1 atom stereocenters. The van der Waals surface area contributed by atoms with Gasteiger partial charge in [0, 0.05) is 5.57 Å². The van der Waals surface area contributed by atoms with Gasteiger partial charge in [0.25, 0.3) is 0 Å². The Balaban J connectivity index is 2.34. The van der Waals surface area contributed by atoms with E-state index in [1.807, 2.05) is 0 Å². The van der Waals surface area contributed by atoms with Crippen LogP contribution in [0.5, 0.6) is 0 Å². The fourth-order valence-corrected chi connectivity index (χ4v) is 2.85. The predicted molar refractivity (Wildman–Crippen MR) is 76.1 cm³/mol. The maximum absolute atomic E-state index is 13.4. The highest BCUT2D eigenvalue weighted by molar-refractivity contribution is 6.10. The SMILES string of the molecule is CC1=CC(=O)C=C[C@]12OC(=O)C(C(F)(F)F)=C2c1ccccc1. The van der Waals surface area contributed by atoms with E-state index in [4.69, 9.17) is 4.74 Å². The van der Waals surface area contributed by atoms with Crippen molar-refractivity contribution in [3.05, 3.63) is 65.3 Å². The summed E-state index contributed by atoms with van der Waals surface area (Å²) in [5, 5.41) is 0. The summed E-state index contributed by atoms with van der Waals surface area (Å²) in [5.41, 5.74) is -2.87. The number of carbonyl (C=O) groups excluding carboxylic acids is 2. The number of allylic oxidation sites excluding steroid dienone is 2. The quantitative estimate of drug-likeness (QED) is 0.745.